The molecule has 0 heterocycles. The van der Waals surface area contributed by atoms with Crippen LogP contribution in [-0.2, 0) is 4.74 Å². The third kappa shape index (κ3) is 3.71. The van der Waals surface area contributed by atoms with Crippen LogP contribution in [0.2, 0.25) is 0 Å². The Kier molecular flexibility index (Phi) is 5.08. The van der Waals surface area contributed by atoms with Crippen LogP contribution in [0.1, 0.15) is 18.9 Å². The fraction of sp³-hybridized carbons (Fsp3) is 0.417. The van der Waals surface area contributed by atoms with Gasteiger partial charge in [-0.15, -0.1) is 0 Å². The van der Waals surface area contributed by atoms with E-state index in [4.69, 9.17) is 10.00 Å². The molecular weight excluding hydrogens is 234 g/mol. The number of nitro benzene ring substituents is 1. The first-order chi connectivity index (χ1) is 8.58. The molecule has 0 fully saturated rings. The van der Waals surface area contributed by atoms with Crippen LogP contribution < -0.4 is 5.32 Å². The lowest BCUT2D eigenvalue weighted by Crippen LogP contribution is -2.17. The van der Waals surface area contributed by atoms with Gasteiger partial charge in [-0.05, 0) is 19.4 Å². The molecule has 1 aromatic carbocycles. The summed E-state index contributed by atoms with van der Waals surface area (Å²) in [5.74, 6) is 0. The van der Waals surface area contributed by atoms with Gasteiger partial charge in [-0.25, -0.2) is 0 Å². The van der Waals surface area contributed by atoms with Crippen LogP contribution in [0.5, 0.6) is 0 Å². The minimum Gasteiger partial charge on any atom is -0.385 e. The number of nitro groups is 1. The number of benzene rings is 1. The van der Waals surface area contributed by atoms with Gasteiger partial charge in [0.25, 0.3) is 5.69 Å². The van der Waals surface area contributed by atoms with Gasteiger partial charge in [0, 0.05) is 31.9 Å². The van der Waals surface area contributed by atoms with Crippen LogP contribution in [0.25, 0.3) is 0 Å². The number of nitrogens with one attached hydrogen (secondary N) is 1. The van der Waals surface area contributed by atoms with Gasteiger partial charge >= 0.3 is 0 Å². The topological polar surface area (TPSA) is 88.2 Å². The summed E-state index contributed by atoms with van der Waals surface area (Å²) in [6.45, 7) is 2.57. The third-order valence-corrected chi connectivity index (χ3v) is 2.49. The Morgan fingerprint density at radius 2 is 2.33 bits per heavy atom. The molecule has 1 rings (SSSR count). The zero-order valence-electron chi connectivity index (χ0n) is 10.3. The predicted octanol–water partition coefficient (Wildman–Crippen LogP) is 2.30. The van der Waals surface area contributed by atoms with Crippen LogP contribution in [0.3, 0.4) is 0 Å². The highest BCUT2D eigenvalue weighted by atomic mass is 16.6. The van der Waals surface area contributed by atoms with Gasteiger partial charge in [0.1, 0.15) is 6.07 Å². The van der Waals surface area contributed by atoms with Gasteiger partial charge in [-0.2, -0.15) is 5.26 Å². The van der Waals surface area contributed by atoms with Crippen molar-refractivity contribution in [2.45, 2.75) is 19.4 Å². The highest BCUT2D eigenvalue weighted by Gasteiger charge is 2.12. The van der Waals surface area contributed by atoms with E-state index in [0.717, 1.165) is 6.42 Å². The minimum absolute atomic E-state index is 0.0818. The molecule has 0 saturated heterocycles. The van der Waals surface area contributed by atoms with E-state index >= 15 is 0 Å². The number of ether oxygens (including phenoxy) is 1. The maximum atomic E-state index is 10.6. The molecule has 0 spiro atoms. The molecule has 1 atom stereocenters. The number of anilines is 1. The van der Waals surface area contributed by atoms with Gasteiger partial charge in [0.15, 0.2) is 0 Å². The van der Waals surface area contributed by atoms with Crippen LogP contribution in [-0.4, -0.2) is 24.7 Å². The number of rotatable bonds is 6. The number of methoxy groups -OCH3 is 1. The molecule has 1 N–H and O–H groups in total. The second-order valence-corrected chi connectivity index (χ2v) is 3.93. The maximum Gasteiger partial charge on any atom is 0.270 e. The van der Waals surface area contributed by atoms with Crippen molar-refractivity contribution < 1.29 is 9.66 Å². The van der Waals surface area contributed by atoms with E-state index < -0.39 is 4.92 Å². The van der Waals surface area contributed by atoms with Crippen molar-refractivity contribution >= 4 is 11.4 Å². The lowest BCUT2D eigenvalue weighted by Gasteiger charge is -2.15. The summed E-state index contributed by atoms with van der Waals surface area (Å²) in [6.07, 6.45) is 0.790. The van der Waals surface area contributed by atoms with E-state index in [1.807, 2.05) is 13.0 Å². The summed E-state index contributed by atoms with van der Waals surface area (Å²) >= 11 is 0. The number of hydrogen-bond donors (Lipinski definition) is 1. The first-order valence-corrected chi connectivity index (χ1v) is 5.52. The SMILES string of the molecule is COCCC(C)Nc1ccc([N+](=O)[O-])cc1C#N. The quantitative estimate of drug-likeness (QED) is 0.617. The van der Waals surface area contributed by atoms with E-state index in [1.165, 1.54) is 12.1 Å². The van der Waals surface area contributed by atoms with E-state index in [0.29, 0.717) is 12.3 Å². The molecule has 18 heavy (non-hydrogen) atoms. The summed E-state index contributed by atoms with van der Waals surface area (Å²) < 4.78 is 4.96. The summed E-state index contributed by atoms with van der Waals surface area (Å²) in [5, 5.41) is 22.7. The van der Waals surface area contributed by atoms with Crippen molar-refractivity contribution in [2.24, 2.45) is 0 Å². The molecule has 0 radical (unpaired) electrons. The Morgan fingerprint density at radius 3 is 2.89 bits per heavy atom. The molecule has 0 saturated carbocycles. The van der Waals surface area contributed by atoms with Crippen LogP contribution in [0.15, 0.2) is 18.2 Å². The van der Waals surface area contributed by atoms with Crippen molar-refractivity contribution in [3.05, 3.63) is 33.9 Å². The van der Waals surface area contributed by atoms with Gasteiger partial charge in [0.2, 0.25) is 0 Å². The molecule has 0 aliphatic carbocycles. The second-order valence-electron chi connectivity index (χ2n) is 3.93. The number of non-ortho nitro benzene ring substituents is 1. The first-order valence-electron chi connectivity index (χ1n) is 5.52. The fourth-order valence-corrected chi connectivity index (χ4v) is 1.50. The van der Waals surface area contributed by atoms with Crippen molar-refractivity contribution in [3.63, 3.8) is 0 Å². The Bertz CT molecular complexity index is 468. The summed E-state index contributed by atoms with van der Waals surface area (Å²) in [4.78, 5) is 10.1. The third-order valence-electron chi connectivity index (χ3n) is 2.49. The molecule has 0 aliphatic heterocycles. The van der Waals surface area contributed by atoms with Gasteiger partial charge in [-0.1, -0.05) is 0 Å². The Morgan fingerprint density at radius 1 is 1.61 bits per heavy atom. The average molecular weight is 249 g/mol. The van der Waals surface area contributed by atoms with E-state index in [1.54, 1.807) is 13.2 Å². The number of nitriles is 1. The zero-order chi connectivity index (χ0) is 13.5. The molecule has 6 nitrogen and oxygen atoms in total. The molecular formula is C12H15N3O3. The van der Waals surface area contributed by atoms with E-state index in [-0.39, 0.29) is 17.3 Å². The smallest absolute Gasteiger partial charge is 0.270 e. The first kappa shape index (κ1) is 13.9. The van der Waals surface area contributed by atoms with Crippen molar-refractivity contribution in [2.75, 3.05) is 19.0 Å². The second kappa shape index (κ2) is 6.57. The molecule has 1 aromatic rings. The minimum atomic E-state index is -0.515. The largest absolute Gasteiger partial charge is 0.385 e. The van der Waals surface area contributed by atoms with Crippen molar-refractivity contribution in [1.29, 1.82) is 5.26 Å². The molecule has 6 heteroatoms. The van der Waals surface area contributed by atoms with Crippen molar-refractivity contribution in [3.8, 4) is 6.07 Å². The summed E-state index contributed by atoms with van der Waals surface area (Å²) in [7, 11) is 1.62. The molecule has 0 bridgehead atoms. The molecule has 1 unspecified atom stereocenters. The molecule has 0 aromatic heterocycles. The number of nitrogens with zero attached hydrogens (tertiary/aromatic N) is 2. The fourth-order valence-electron chi connectivity index (χ4n) is 1.50. The lowest BCUT2D eigenvalue weighted by atomic mass is 10.1. The maximum absolute atomic E-state index is 10.6. The predicted molar refractivity (Wildman–Crippen MR) is 67.4 cm³/mol. The summed E-state index contributed by atoms with van der Waals surface area (Å²) in [5.41, 5.74) is 0.793. The Balaban J connectivity index is 2.83. The monoisotopic (exact) mass is 249 g/mol. The highest BCUT2D eigenvalue weighted by Crippen LogP contribution is 2.22. The normalized spacial score (nSPS) is 11.6. The highest BCUT2D eigenvalue weighted by molar-refractivity contribution is 5.61. The Hall–Kier alpha value is -2.13. The number of hydrogen-bond acceptors (Lipinski definition) is 5. The van der Waals surface area contributed by atoms with Crippen LogP contribution in [0.4, 0.5) is 11.4 Å². The standard InChI is InChI=1S/C12H15N3O3/c1-9(5-6-18-2)14-12-4-3-11(15(16)17)7-10(12)8-13/h3-4,7,9,14H,5-6H2,1-2H3. The van der Waals surface area contributed by atoms with Crippen molar-refractivity contribution in [1.82, 2.24) is 0 Å². The molecule has 0 amide bonds. The Labute approximate surface area is 105 Å². The van der Waals surface area contributed by atoms with Crippen LogP contribution in [0, 0.1) is 21.4 Å². The van der Waals surface area contributed by atoms with Gasteiger partial charge < -0.3 is 10.1 Å². The molecule has 96 valence electrons. The summed E-state index contributed by atoms with van der Waals surface area (Å²) in [6, 6.07) is 6.28. The van der Waals surface area contributed by atoms with Crippen LogP contribution >= 0.6 is 0 Å². The van der Waals surface area contributed by atoms with E-state index in [2.05, 4.69) is 5.32 Å². The zero-order valence-corrected chi connectivity index (χ0v) is 10.3. The lowest BCUT2D eigenvalue weighted by molar-refractivity contribution is -0.384. The average Bonchev–Trinajstić information content (AvgIpc) is 2.36. The van der Waals surface area contributed by atoms with E-state index in [9.17, 15) is 10.1 Å². The van der Waals surface area contributed by atoms with Gasteiger partial charge in [0.05, 0.1) is 16.2 Å². The van der Waals surface area contributed by atoms with Gasteiger partial charge in [-0.3, -0.25) is 10.1 Å². The molecule has 0 aliphatic rings.